The van der Waals surface area contributed by atoms with Crippen LogP contribution in [0.2, 0.25) is 0 Å². The number of aromatic nitrogens is 3. The van der Waals surface area contributed by atoms with Crippen LogP contribution in [0.15, 0.2) is 191 Å². The molecule has 0 radical (unpaired) electrons. The van der Waals surface area contributed by atoms with Gasteiger partial charge in [-0.1, -0.05) is 129 Å². The molecule has 0 spiro atoms. The lowest BCUT2D eigenvalue weighted by Crippen LogP contribution is -2.18. The van der Waals surface area contributed by atoms with Gasteiger partial charge in [0, 0.05) is 49.3 Å². The second-order valence-electron chi connectivity index (χ2n) is 16.0. The van der Waals surface area contributed by atoms with Gasteiger partial charge in [0.2, 0.25) is 5.95 Å². The molecular formula is C54H36N4O2. The van der Waals surface area contributed by atoms with Crippen LogP contribution in [0.4, 0.5) is 17.3 Å². The van der Waals surface area contributed by atoms with Crippen LogP contribution in [0.3, 0.4) is 0 Å². The summed E-state index contributed by atoms with van der Waals surface area (Å²) >= 11 is 0. The van der Waals surface area contributed by atoms with Crippen molar-refractivity contribution in [3.63, 3.8) is 0 Å². The molecule has 12 rings (SSSR count). The molecule has 11 aromatic rings. The molecule has 6 nitrogen and oxygen atoms in total. The number of benzene rings is 8. The predicted molar refractivity (Wildman–Crippen MR) is 243 cm³/mol. The molecule has 0 unspecified atom stereocenters. The summed E-state index contributed by atoms with van der Waals surface area (Å²) in [7, 11) is 0. The minimum absolute atomic E-state index is 0.208. The van der Waals surface area contributed by atoms with Crippen LogP contribution in [-0.2, 0) is 5.41 Å². The fraction of sp³-hybridized carbons (Fsp3) is 0.0556. The highest BCUT2D eigenvalue weighted by atomic mass is 16.3. The van der Waals surface area contributed by atoms with Gasteiger partial charge in [-0.25, -0.2) is 4.98 Å². The van der Waals surface area contributed by atoms with Crippen LogP contribution in [0.25, 0.3) is 88.9 Å². The predicted octanol–water partition coefficient (Wildman–Crippen LogP) is 14.4. The molecule has 6 heteroatoms. The average molecular weight is 773 g/mol. The summed E-state index contributed by atoms with van der Waals surface area (Å²) in [6.45, 7) is 4.62. The summed E-state index contributed by atoms with van der Waals surface area (Å²) in [5.41, 5.74) is 13.9. The summed E-state index contributed by atoms with van der Waals surface area (Å²) in [5, 5.41) is 4.10. The topological polar surface area (TPSA) is 68.2 Å². The van der Waals surface area contributed by atoms with E-state index < -0.39 is 0 Å². The molecule has 0 saturated heterocycles. The Morgan fingerprint density at radius 3 is 1.65 bits per heavy atom. The van der Waals surface area contributed by atoms with Gasteiger partial charge < -0.3 is 8.83 Å². The average Bonchev–Trinajstić information content (AvgIpc) is 3.94. The van der Waals surface area contributed by atoms with E-state index in [-0.39, 0.29) is 5.41 Å². The number of hydrogen-bond acceptors (Lipinski definition) is 6. The van der Waals surface area contributed by atoms with E-state index in [0.717, 1.165) is 77.5 Å². The maximum Gasteiger partial charge on any atom is 0.238 e. The van der Waals surface area contributed by atoms with Crippen molar-refractivity contribution >= 4 is 61.2 Å². The van der Waals surface area contributed by atoms with E-state index in [1.165, 1.54) is 22.3 Å². The van der Waals surface area contributed by atoms with E-state index in [0.29, 0.717) is 17.6 Å². The third kappa shape index (κ3) is 5.31. The number of rotatable bonds is 6. The summed E-state index contributed by atoms with van der Waals surface area (Å²) in [6.07, 6.45) is 0. The molecular weight excluding hydrogens is 737 g/mol. The first-order valence-electron chi connectivity index (χ1n) is 20.3. The number of hydrogen-bond donors (Lipinski definition) is 0. The molecule has 284 valence electrons. The highest BCUT2D eigenvalue weighted by molar-refractivity contribution is 6.07. The van der Waals surface area contributed by atoms with E-state index in [9.17, 15) is 0 Å². The summed E-state index contributed by atoms with van der Waals surface area (Å²) in [6, 6.07) is 63.2. The molecule has 3 aromatic heterocycles. The Morgan fingerprint density at radius 1 is 0.417 bits per heavy atom. The van der Waals surface area contributed by atoms with E-state index in [4.69, 9.17) is 23.8 Å². The van der Waals surface area contributed by atoms with Crippen molar-refractivity contribution in [3.05, 3.63) is 193 Å². The minimum atomic E-state index is -0.208. The third-order valence-electron chi connectivity index (χ3n) is 12.1. The fourth-order valence-electron chi connectivity index (χ4n) is 9.19. The highest BCUT2D eigenvalue weighted by Crippen LogP contribution is 2.54. The largest absolute Gasteiger partial charge is 0.456 e. The van der Waals surface area contributed by atoms with Gasteiger partial charge in [0.05, 0.1) is 5.69 Å². The standard InChI is InChI=1S/C54H36N4O2/c1-54(2)43-21-9-6-20-40(43)50-44(54)22-13-23-45(50)58(37-17-12-16-34(30-37)33-14-4-3-5-15-33)53-56-51(35-26-28-48-41(31-35)38-18-7-10-24-46(38)59-48)55-52(57-53)36-27-29-49-42(32-36)39-19-8-11-25-47(39)60-49/h3-32H,1-2H3. The summed E-state index contributed by atoms with van der Waals surface area (Å²) in [4.78, 5) is 18.4. The Labute approximate surface area is 346 Å². The van der Waals surface area contributed by atoms with Gasteiger partial charge in [0.15, 0.2) is 11.6 Å². The van der Waals surface area contributed by atoms with Gasteiger partial charge in [-0.2, -0.15) is 9.97 Å². The van der Waals surface area contributed by atoms with Crippen molar-refractivity contribution in [2.75, 3.05) is 4.90 Å². The van der Waals surface area contributed by atoms with Crippen LogP contribution in [-0.4, -0.2) is 15.0 Å². The molecule has 0 amide bonds. The Kier molecular flexibility index (Phi) is 7.47. The van der Waals surface area contributed by atoms with E-state index in [1.54, 1.807) is 0 Å². The molecule has 0 saturated carbocycles. The normalized spacial score (nSPS) is 13.0. The molecule has 3 heterocycles. The molecule has 0 bridgehead atoms. The monoisotopic (exact) mass is 772 g/mol. The number of fused-ring (bicyclic) bond motifs is 9. The maximum absolute atomic E-state index is 6.25. The van der Waals surface area contributed by atoms with Crippen molar-refractivity contribution in [2.45, 2.75) is 19.3 Å². The maximum atomic E-state index is 6.25. The second kappa shape index (κ2) is 13.1. The van der Waals surface area contributed by atoms with Crippen LogP contribution in [0, 0.1) is 0 Å². The van der Waals surface area contributed by atoms with Gasteiger partial charge in [-0.15, -0.1) is 0 Å². The van der Waals surface area contributed by atoms with Crippen molar-refractivity contribution in [1.82, 2.24) is 15.0 Å². The van der Waals surface area contributed by atoms with Crippen LogP contribution in [0.1, 0.15) is 25.0 Å². The lowest BCUT2D eigenvalue weighted by atomic mass is 9.82. The van der Waals surface area contributed by atoms with Crippen LogP contribution < -0.4 is 4.90 Å². The van der Waals surface area contributed by atoms with Crippen molar-refractivity contribution in [2.24, 2.45) is 0 Å². The zero-order valence-corrected chi connectivity index (χ0v) is 32.9. The molecule has 8 aromatic carbocycles. The molecule has 0 fully saturated rings. The number of furan rings is 2. The van der Waals surface area contributed by atoms with E-state index >= 15 is 0 Å². The first-order valence-corrected chi connectivity index (χ1v) is 20.3. The summed E-state index contributed by atoms with van der Waals surface area (Å²) < 4.78 is 12.5. The van der Waals surface area contributed by atoms with E-state index in [2.05, 4.69) is 134 Å². The zero-order chi connectivity index (χ0) is 40.0. The number of anilines is 3. The quantitative estimate of drug-likeness (QED) is 0.168. The molecule has 0 aliphatic heterocycles. The molecule has 1 aliphatic carbocycles. The van der Waals surface area contributed by atoms with Crippen molar-refractivity contribution in [1.29, 1.82) is 0 Å². The molecule has 60 heavy (non-hydrogen) atoms. The smallest absolute Gasteiger partial charge is 0.238 e. The Morgan fingerprint density at radius 2 is 0.967 bits per heavy atom. The number of para-hydroxylation sites is 2. The SMILES string of the molecule is CC1(C)c2ccccc2-c2c(N(c3cccc(-c4ccccc4)c3)c3nc(-c4ccc5oc6ccccc6c5c4)nc(-c4ccc5oc6ccccc6c5c4)n3)cccc21. The van der Waals surface area contributed by atoms with Crippen molar-refractivity contribution < 1.29 is 8.83 Å². The lowest BCUT2D eigenvalue weighted by molar-refractivity contribution is 0.660. The Hall–Kier alpha value is -7.83. The van der Waals surface area contributed by atoms with Gasteiger partial charge in [0.25, 0.3) is 0 Å². The van der Waals surface area contributed by atoms with E-state index in [1.807, 2.05) is 66.7 Å². The zero-order valence-electron chi connectivity index (χ0n) is 32.9. The Balaban J connectivity index is 1.14. The number of nitrogens with zero attached hydrogens (tertiary/aromatic N) is 4. The van der Waals surface area contributed by atoms with Crippen LogP contribution >= 0.6 is 0 Å². The highest BCUT2D eigenvalue weighted by Gasteiger charge is 2.38. The van der Waals surface area contributed by atoms with Crippen LogP contribution in [0.5, 0.6) is 0 Å². The minimum Gasteiger partial charge on any atom is -0.456 e. The first-order chi connectivity index (χ1) is 29.5. The van der Waals surface area contributed by atoms with Gasteiger partial charge >= 0.3 is 0 Å². The lowest BCUT2D eigenvalue weighted by Gasteiger charge is -2.28. The first kappa shape index (κ1) is 34.2. The molecule has 0 N–H and O–H groups in total. The summed E-state index contributed by atoms with van der Waals surface area (Å²) in [5.74, 6) is 1.61. The molecule has 0 atom stereocenters. The van der Waals surface area contributed by atoms with Crippen molar-refractivity contribution in [3.8, 4) is 45.0 Å². The third-order valence-corrected chi connectivity index (χ3v) is 12.1. The fourth-order valence-corrected chi connectivity index (χ4v) is 9.19. The van der Waals surface area contributed by atoms with Gasteiger partial charge in [-0.3, -0.25) is 4.90 Å². The Bertz CT molecular complexity index is 3360. The second-order valence-corrected chi connectivity index (χ2v) is 16.0. The molecule has 1 aliphatic rings. The van der Waals surface area contributed by atoms with Gasteiger partial charge in [0.1, 0.15) is 22.3 Å². The van der Waals surface area contributed by atoms with Gasteiger partial charge in [-0.05, 0) is 94.5 Å².